The van der Waals surface area contributed by atoms with Crippen LogP contribution in [-0.2, 0) is 9.47 Å². The summed E-state index contributed by atoms with van der Waals surface area (Å²) in [4.78, 5) is 0. The van der Waals surface area contributed by atoms with E-state index in [-0.39, 0.29) is 0 Å². The average Bonchev–Trinajstić information content (AvgIpc) is 3.71. The van der Waals surface area contributed by atoms with Gasteiger partial charge in [-0.3, -0.25) is 0 Å². The second kappa shape index (κ2) is 13.3. The van der Waals surface area contributed by atoms with E-state index in [2.05, 4.69) is 10.2 Å². The van der Waals surface area contributed by atoms with E-state index in [0.717, 1.165) is 0 Å². The molecule has 0 amide bonds. The molecule has 12 nitrogen and oxygen atoms in total. The van der Waals surface area contributed by atoms with Gasteiger partial charge in [-0.2, -0.15) is 0 Å². The van der Waals surface area contributed by atoms with Crippen molar-refractivity contribution in [2.75, 3.05) is 13.2 Å². The molecule has 6 rings (SSSR count). The zero-order chi connectivity index (χ0) is 31.8. The van der Waals surface area contributed by atoms with Crippen molar-refractivity contribution in [3.8, 4) is 22.3 Å². The molecule has 2 fully saturated rings. The Kier molecular flexibility index (Phi) is 9.45. The Hall–Kier alpha value is -3.08. The molecular weight excluding hydrogens is 661 g/mol. The molecule has 4 aromatic rings. The molecule has 4 unspecified atom stereocenters. The van der Waals surface area contributed by atoms with Crippen molar-refractivity contribution < 1.29 is 48.9 Å². The van der Waals surface area contributed by atoms with Crippen LogP contribution in [0.3, 0.4) is 0 Å². The number of aliphatic hydroxyl groups is 6. The van der Waals surface area contributed by atoms with Crippen molar-refractivity contribution in [1.82, 2.24) is 19.6 Å². The minimum absolute atomic E-state index is 0.439. The topological polar surface area (TPSA) is 175 Å². The van der Waals surface area contributed by atoms with Crippen LogP contribution in [0.4, 0.5) is 8.78 Å². The maximum absolute atomic E-state index is 13.8. The SMILES string of the molecule is OCC1O[C@@H]([Se][C@@H]2O[C@H](CO)C(O)C(n3cc(-c4cccc(F)c4)cn3)[C@H]2O)C(O)[C@@H](n2cc(-c3cccc(F)c3)cn2)[C@H]1O. The van der Waals surface area contributed by atoms with E-state index < -0.39 is 98.5 Å². The first-order valence-corrected chi connectivity index (χ1v) is 16.2. The number of benzene rings is 2. The molecular formula is C30H32F2N4O8Se. The van der Waals surface area contributed by atoms with Gasteiger partial charge in [-0.15, -0.1) is 0 Å². The van der Waals surface area contributed by atoms with Crippen LogP contribution in [0, 0.1) is 11.6 Å². The van der Waals surface area contributed by atoms with Crippen LogP contribution >= 0.6 is 0 Å². The van der Waals surface area contributed by atoms with E-state index >= 15 is 0 Å². The van der Waals surface area contributed by atoms with Crippen LogP contribution in [0.5, 0.6) is 0 Å². The van der Waals surface area contributed by atoms with Gasteiger partial charge in [0.1, 0.15) is 0 Å². The molecule has 2 aliphatic heterocycles. The van der Waals surface area contributed by atoms with E-state index in [1.807, 2.05) is 0 Å². The molecule has 10 atom stereocenters. The van der Waals surface area contributed by atoms with Crippen LogP contribution < -0.4 is 0 Å². The van der Waals surface area contributed by atoms with Gasteiger partial charge in [0.25, 0.3) is 0 Å². The Morgan fingerprint density at radius 3 is 1.44 bits per heavy atom. The van der Waals surface area contributed by atoms with Crippen LogP contribution in [0.25, 0.3) is 22.3 Å². The number of nitrogens with zero attached hydrogens (tertiary/aromatic N) is 4. The zero-order valence-corrected chi connectivity index (χ0v) is 25.3. The first-order chi connectivity index (χ1) is 21.7. The Labute approximate surface area is 262 Å². The van der Waals surface area contributed by atoms with Gasteiger partial charge in [0, 0.05) is 0 Å². The van der Waals surface area contributed by atoms with Crippen molar-refractivity contribution in [1.29, 1.82) is 0 Å². The molecule has 2 aromatic heterocycles. The monoisotopic (exact) mass is 694 g/mol. The van der Waals surface area contributed by atoms with Crippen molar-refractivity contribution >= 4 is 15.0 Å². The summed E-state index contributed by atoms with van der Waals surface area (Å²) < 4.78 is 42.1. The summed E-state index contributed by atoms with van der Waals surface area (Å²) >= 11 is -0.923. The molecule has 45 heavy (non-hydrogen) atoms. The Morgan fingerprint density at radius 2 is 1.07 bits per heavy atom. The van der Waals surface area contributed by atoms with Crippen LogP contribution in [0.1, 0.15) is 12.1 Å². The standard InChI is InChI=1S/C30H32F2N4O8Se/c31-19-5-1-3-15(7-19)17-9-33-35(11-17)23-25(39)21(13-37)43-29(27(23)41)45-30-28(42)24(26(40)22(14-38)44-30)36-12-18(10-34-36)16-4-2-6-20(32)8-16/h1-12,21-30,37-42H,13-14H2/t21-,22?,23?,24+,25?,26+,27-,28?,29+,30+/m1/s1. The van der Waals surface area contributed by atoms with Gasteiger partial charge in [-0.05, 0) is 0 Å². The molecule has 4 heterocycles. The summed E-state index contributed by atoms with van der Waals surface area (Å²) in [5.74, 6) is -0.879. The van der Waals surface area contributed by atoms with E-state index in [0.29, 0.717) is 22.3 Å². The van der Waals surface area contributed by atoms with Crippen LogP contribution in [0.2, 0.25) is 0 Å². The van der Waals surface area contributed by atoms with Gasteiger partial charge >= 0.3 is 263 Å². The van der Waals surface area contributed by atoms with Gasteiger partial charge in [0.15, 0.2) is 0 Å². The predicted molar refractivity (Wildman–Crippen MR) is 155 cm³/mol. The van der Waals surface area contributed by atoms with E-state index in [1.165, 1.54) is 46.0 Å². The number of hydrogen-bond donors (Lipinski definition) is 6. The normalized spacial score (nSPS) is 32.1. The third-order valence-corrected chi connectivity index (χ3v) is 10.9. The minimum atomic E-state index is -1.39. The third-order valence-electron chi connectivity index (χ3n) is 8.09. The zero-order valence-electron chi connectivity index (χ0n) is 23.6. The second-order valence-corrected chi connectivity index (χ2v) is 13.5. The van der Waals surface area contributed by atoms with Gasteiger partial charge in [0.05, 0.1) is 0 Å². The average molecular weight is 694 g/mol. The Bertz CT molecular complexity index is 1490. The van der Waals surface area contributed by atoms with E-state index in [1.54, 1.807) is 36.7 Å². The van der Waals surface area contributed by atoms with Gasteiger partial charge in [0.2, 0.25) is 0 Å². The Balaban J connectivity index is 1.25. The van der Waals surface area contributed by atoms with Crippen molar-refractivity contribution in [2.45, 2.75) is 58.7 Å². The number of aliphatic hydroxyl groups excluding tert-OH is 6. The summed E-state index contributed by atoms with van der Waals surface area (Å²) in [6.07, 6.45) is -1.75. The van der Waals surface area contributed by atoms with Gasteiger partial charge in [-0.1, -0.05) is 0 Å². The van der Waals surface area contributed by atoms with Crippen molar-refractivity contribution in [3.63, 3.8) is 0 Å². The van der Waals surface area contributed by atoms with Crippen molar-refractivity contribution in [3.05, 3.63) is 85.0 Å². The fourth-order valence-corrected chi connectivity index (χ4v) is 8.53. The fraction of sp³-hybridized carbons (Fsp3) is 0.400. The van der Waals surface area contributed by atoms with Gasteiger partial charge in [-0.25, -0.2) is 0 Å². The predicted octanol–water partition coefficient (Wildman–Crippen LogP) is 0.0564. The van der Waals surface area contributed by atoms with E-state index in [9.17, 15) is 39.4 Å². The molecule has 0 bridgehead atoms. The number of rotatable bonds is 8. The summed E-state index contributed by atoms with van der Waals surface area (Å²) in [7, 11) is 0. The fourth-order valence-electron chi connectivity index (χ4n) is 5.75. The molecule has 2 aromatic carbocycles. The molecule has 2 aliphatic rings. The molecule has 15 heteroatoms. The summed E-state index contributed by atoms with van der Waals surface area (Å²) in [5, 5.41) is 71.5. The van der Waals surface area contributed by atoms with E-state index in [4.69, 9.17) is 9.47 Å². The third kappa shape index (κ3) is 6.33. The Morgan fingerprint density at radius 1 is 0.644 bits per heavy atom. The summed E-state index contributed by atoms with van der Waals surface area (Å²) in [6, 6.07) is 9.57. The number of hydrogen-bond acceptors (Lipinski definition) is 10. The molecule has 0 aliphatic carbocycles. The quantitative estimate of drug-likeness (QED) is 0.139. The summed E-state index contributed by atoms with van der Waals surface area (Å²) in [5.41, 5.74) is 2.14. The maximum atomic E-state index is 13.8. The van der Waals surface area contributed by atoms with Gasteiger partial charge < -0.3 is 0 Å². The summed E-state index contributed by atoms with van der Waals surface area (Å²) in [6.45, 7) is -1.17. The molecule has 2 saturated heterocycles. The molecule has 6 N–H and O–H groups in total. The first kappa shape index (κ1) is 31.9. The molecule has 0 radical (unpaired) electrons. The molecule has 0 spiro atoms. The number of ether oxygens (including phenoxy) is 2. The second-order valence-electron chi connectivity index (χ2n) is 11.0. The number of aromatic nitrogens is 4. The van der Waals surface area contributed by atoms with Crippen LogP contribution in [-0.4, -0.2) is 125 Å². The molecule has 240 valence electrons. The van der Waals surface area contributed by atoms with Crippen LogP contribution in [0.15, 0.2) is 73.3 Å². The number of halogens is 2. The molecule has 0 saturated carbocycles. The first-order valence-electron chi connectivity index (χ1n) is 14.2. The van der Waals surface area contributed by atoms with Crippen molar-refractivity contribution in [2.24, 2.45) is 0 Å².